The average molecular weight is 237 g/mol. The molecule has 0 unspecified atom stereocenters. The van der Waals surface area contributed by atoms with Crippen molar-refractivity contribution in [2.75, 3.05) is 0 Å². The van der Waals surface area contributed by atoms with Crippen LogP contribution in [0.25, 0.3) is 0 Å². The second kappa shape index (κ2) is 6.52. The van der Waals surface area contributed by atoms with Gasteiger partial charge in [-0.15, -0.1) is 0 Å². The topological polar surface area (TPSA) is 47.8 Å². The van der Waals surface area contributed by atoms with Crippen LogP contribution in [0.1, 0.15) is 46.4 Å². The van der Waals surface area contributed by atoms with Crippen molar-refractivity contribution in [2.45, 2.75) is 53.5 Å². The van der Waals surface area contributed by atoms with Crippen LogP contribution < -0.4 is 0 Å². The van der Waals surface area contributed by atoms with Gasteiger partial charge < -0.3 is 0 Å². The molecule has 0 atom stereocenters. The lowest BCUT2D eigenvalue weighted by atomic mass is 10.0. The summed E-state index contributed by atoms with van der Waals surface area (Å²) in [6, 6.07) is 0. The molecule has 4 heteroatoms. The Morgan fingerprint density at radius 3 is 2.59 bits per heavy atom. The van der Waals surface area contributed by atoms with Crippen LogP contribution >= 0.6 is 0 Å². The number of aryl methyl sites for hydroxylation is 1. The predicted molar refractivity (Wildman–Crippen MR) is 67.6 cm³/mol. The van der Waals surface area contributed by atoms with Gasteiger partial charge in [0, 0.05) is 25.8 Å². The maximum atomic E-state index is 11.6. The van der Waals surface area contributed by atoms with Crippen LogP contribution in [0.2, 0.25) is 0 Å². The zero-order valence-electron chi connectivity index (χ0n) is 11.3. The Bertz CT molecular complexity index is 355. The molecule has 0 bridgehead atoms. The monoisotopic (exact) mass is 237 g/mol. The number of carbonyl (C=O) groups excluding carboxylic acids is 1. The van der Waals surface area contributed by atoms with Gasteiger partial charge in [0.1, 0.15) is 17.9 Å². The van der Waals surface area contributed by atoms with Gasteiger partial charge in [-0.1, -0.05) is 27.7 Å². The summed E-state index contributed by atoms with van der Waals surface area (Å²) in [7, 11) is 0. The normalized spacial score (nSPS) is 11.4. The number of aromatic nitrogens is 3. The lowest BCUT2D eigenvalue weighted by Gasteiger charge is -2.08. The van der Waals surface area contributed by atoms with E-state index in [1.54, 1.807) is 6.33 Å². The highest BCUT2D eigenvalue weighted by Gasteiger charge is 2.10. The van der Waals surface area contributed by atoms with E-state index >= 15 is 0 Å². The molecule has 0 amide bonds. The summed E-state index contributed by atoms with van der Waals surface area (Å²) in [6.45, 7) is 9.30. The van der Waals surface area contributed by atoms with Crippen molar-refractivity contribution in [1.29, 1.82) is 0 Å². The Balaban J connectivity index is 2.46. The molecule has 0 N–H and O–H groups in total. The van der Waals surface area contributed by atoms with E-state index in [1.807, 2.05) is 4.68 Å². The van der Waals surface area contributed by atoms with Crippen LogP contribution in [0.3, 0.4) is 0 Å². The standard InChI is InChI=1S/C13H23N3O/c1-10(2)7-12(17)5-6-13-14-9-15-16(13)8-11(3)4/h9-11H,5-8H2,1-4H3. The highest BCUT2D eigenvalue weighted by molar-refractivity contribution is 5.78. The number of carbonyl (C=O) groups is 1. The number of Topliss-reactive ketones (excluding diaryl/α,β-unsaturated/α-hetero) is 1. The molecule has 0 saturated carbocycles. The minimum Gasteiger partial charge on any atom is -0.300 e. The molecule has 1 rings (SSSR count). The largest absolute Gasteiger partial charge is 0.300 e. The zero-order chi connectivity index (χ0) is 12.8. The first-order valence-corrected chi connectivity index (χ1v) is 6.37. The summed E-state index contributed by atoms with van der Waals surface area (Å²) in [4.78, 5) is 15.8. The van der Waals surface area contributed by atoms with Crippen molar-refractivity contribution in [1.82, 2.24) is 14.8 Å². The Labute approximate surface area is 103 Å². The van der Waals surface area contributed by atoms with Gasteiger partial charge in [-0.2, -0.15) is 5.10 Å². The molecule has 0 aliphatic heterocycles. The van der Waals surface area contributed by atoms with Crippen LogP contribution in [0.15, 0.2) is 6.33 Å². The molecule has 0 aliphatic rings. The predicted octanol–water partition coefficient (Wildman–Crippen LogP) is 2.48. The highest BCUT2D eigenvalue weighted by atomic mass is 16.1. The fraction of sp³-hybridized carbons (Fsp3) is 0.769. The van der Waals surface area contributed by atoms with Gasteiger partial charge in [-0.05, 0) is 11.8 Å². The molecular weight excluding hydrogens is 214 g/mol. The maximum absolute atomic E-state index is 11.6. The van der Waals surface area contributed by atoms with Gasteiger partial charge in [0.15, 0.2) is 0 Å². The van der Waals surface area contributed by atoms with Gasteiger partial charge >= 0.3 is 0 Å². The molecule has 1 aromatic heterocycles. The van der Waals surface area contributed by atoms with Gasteiger partial charge in [0.25, 0.3) is 0 Å². The molecule has 0 saturated heterocycles. The van der Waals surface area contributed by atoms with E-state index in [4.69, 9.17) is 0 Å². The molecule has 0 radical (unpaired) electrons. The van der Waals surface area contributed by atoms with E-state index in [-0.39, 0.29) is 0 Å². The van der Waals surface area contributed by atoms with Crippen LogP contribution in [0, 0.1) is 11.8 Å². The molecule has 17 heavy (non-hydrogen) atoms. The van der Waals surface area contributed by atoms with Gasteiger partial charge in [-0.3, -0.25) is 4.79 Å². The first-order valence-electron chi connectivity index (χ1n) is 6.37. The van der Waals surface area contributed by atoms with Crippen LogP contribution in [-0.4, -0.2) is 20.5 Å². The second-order valence-corrected chi connectivity index (χ2v) is 5.39. The summed E-state index contributed by atoms with van der Waals surface area (Å²) in [5, 5.41) is 4.19. The molecular formula is C13H23N3O. The minimum atomic E-state index is 0.319. The van der Waals surface area contributed by atoms with Crippen molar-refractivity contribution in [2.24, 2.45) is 11.8 Å². The number of hydrogen-bond acceptors (Lipinski definition) is 3. The number of hydrogen-bond donors (Lipinski definition) is 0. The van der Waals surface area contributed by atoms with Crippen molar-refractivity contribution < 1.29 is 4.79 Å². The Morgan fingerprint density at radius 2 is 2.00 bits per heavy atom. The third kappa shape index (κ3) is 5.11. The highest BCUT2D eigenvalue weighted by Crippen LogP contribution is 2.07. The smallest absolute Gasteiger partial charge is 0.138 e. The van der Waals surface area contributed by atoms with E-state index in [1.165, 1.54) is 0 Å². The number of ketones is 1. The molecule has 0 spiro atoms. The summed E-state index contributed by atoms with van der Waals surface area (Å²) < 4.78 is 1.91. The zero-order valence-corrected chi connectivity index (χ0v) is 11.3. The van der Waals surface area contributed by atoms with Gasteiger partial charge in [0.2, 0.25) is 0 Å². The third-order valence-electron chi connectivity index (χ3n) is 2.50. The Morgan fingerprint density at radius 1 is 1.29 bits per heavy atom. The minimum absolute atomic E-state index is 0.319. The van der Waals surface area contributed by atoms with E-state index in [0.717, 1.165) is 12.4 Å². The van der Waals surface area contributed by atoms with Crippen LogP contribution in [0.4, 0.5) is 0 Å². The van der Waals surface area contributed by atoms with Crippen molar-refractivity contribution in [3.8, 4) is 0 Å². The average Bonchev–Trinajstić information content (AvgIpc) is 2.60. The van der Waals surface area contributed by atoms with E-state index in [9.17, 15) is 4.79 Å². The molecule has 1 heterocycles. The molecule has 96 valence electrons. The van der Waals surface area contributed by atoms with Crippen molar-refractivity contribution in [3.05, 3.63) is 12.2 Å². The second-order valence-electron chi connectivity index (χ2n) is 5.39. The summed E-state index contributed by atoms with van der Waals surface area (Å²) in [5.41, 5.74) is 0. The van der Waals surface area contributed by atoms with E-state index in [2.05, 4.69) is 37.8 Å². The summed E-state index contributed by atoms with van der Waals surface area (Å²) in [6.07, 6.45) is 3.52. The molecule has 0 aliphatic carbocycles. The fourth-order valence-electron chi connectivity index (χ4n) is 1.79. The first kappa shape index (κ1) is 13.9. The third-order valence-corrected chi connectivity index (χ3v) is 2.50. The number of nitrogens with zero attached hydrogens (tertiary/aromatic N) is 3. The molecule has 0 fully saturated rings. The lowest BCUT2D eigenvalue weighted by Crippen LogP contribution is -2.12. The first-order chi connectivity index (χ1) is 7.99. The lowest BCUT2D eigenvalue weighted by molar-refractivity contribution is -0.119. The number of rotatable bonds is 7. The Kier molecular flexibility index (Phi) is 5.32. The molecule has 0 aromatic carbocycles. The van der Waals surface area contributed by atoms with E-state index < -0.39 is 0 Å². The molecule has 1 aromatic rings. The Hall–Kier alpha value is -1.19. The van der Waals surface area contributed by atoms with Crippen LogP contribution in [-0.2, 0) is 17.8 Å². The van der Waals surface area contributed by atoms with Gasteiger partial charge in [0.05, 0.1) is 0 Å². The van der Waals surface area contributed by atoms with Crippen molar-refractivity contribution >= 4 is 5.78 Å². The summed E-state index contributed by atoms with van der Waals surface area (Å²) in [5.74, 6) is 2.23. The van der Waals surface area contributed by atoms with Crippen molar-refractivity contribution in [3.63, 3.8) is 0 Å². The molecule has 4 nitrogen and oxygen atoms in total. The fourth-order valence-corrected chi connectivity index (χ4v) is 1.79. The summed E-state index contributed by atoms with van der Waals surface area (Å²) >= 11 is 0. The SMILES string of the molecule is CC(C)CC(=O)CCc1ncnn1CC(C)C. The maximum Gasteiger partial charge on any atom is 0.138 e. The quantitative estimate of drug-likeness (QED) is 0.732. The van der Waals surface area contributed by atoms with E-state index in [0.29, 0.717) is 36.9 Å². The van der Waals surface area contributed by atoms with Crippen LogP contribution in [0.5, 0.6) is 0 Å². The van der Waals surface area contributed by atoms with Gasteiger partial charge in [-0.25, -0.2) is 9.67 Å².